The molecule has 1 aliphatic heterocycles. The summed E-state index contributed by atoms with van der Waals surface area (Å²) in [5.74, 6) is -0.138. The van der Waals surface area contributed by atoms with E-state index in [1.165, 1.54) is 5.06 Å². The highest BCUT2D eigenvalue weighted by Crippen LogP contribution is 2.18. The topological polar surface area (TPSA) is 55.6 Å². The smallest absolute Gasteiger partial charge is 0.279 e. The maximum absolute atomic E-state index is 12.1. The maximum atomic E-state index is 12.1. The first-order chi connectivity index (χ1) is 7.68. The Kier molecular flexibility index (Phi) is 3.10. The molecule has 2 rings (SSSR count). The van der Waals surface area contributed by atoms with Crippen molar-refractivity contribution in [1.29, 1.82) is 0 Å². The van der Waals surface area contributed by atoms with Gasteiger partial charge in [-0.2, -0.15) is 0 Å². The van der Waals surface area contributed by atoms with Crippen molar-refractivity contribution in [3.05, 3.63) is 29.3 Å². The molecule has 0 atom stereocenters. The van der Waals surface area contributed by atoms with Crippen molar-refractivity contribution >= 4 is 11.6 Å². The van der Waals surface area contributed by atoms with Gasteiger partial charge in [0.1, 0.15) is 0 Å². The monoisotopic (exact) mass is 220 g/mol. The Morgan fingerprint density at radius 3 is 2.94 bits per heavy atom. The third kappa shape index (κ3) is 2.17. The van der Waals surface area contributed by atoms with Gasteiger partial charge in [0.05, 0.1) is 12.2 Å². The highest BCUT2D eigenvalue weighted by Gasteiger charge is 2.21. The molecule has 4 heteroatoms. The van der Waals surface area contributed by atoms with Crippen molar-refractivity contribution in [2.45, 2.75) is 19.8 Å². The van der Waals surface area contributed by atoms with E-state index in [-0.39, 0.29) is 5.91 Å². The molecule has 0 unspecified atom stereocenters. The molecule has 1 fully saturated rings. The zero-order valence-corrected chi connectivity index (χ0v) is 9.40. The minimum Gasteiger partial charge on any atom is -0.398 e. The second-order valence-corrected chi connectivity index (χ2v) is 4.04. The summed E-state index contributed by atoms with van der Waals surface area (Å²) in [6, 6.07) is 5.45. The van der Waals surface area contributed by atoms with Gasteiger partial charge >= 0.3 is 0 Å². The van der Waals surface area contributed by atoms with Crippen molar-refractivity contribution < 1.29 is 9.63 Å². The number of nitrogens with zero attached hydrogens (tertiary/aromatic N) is 1. The first-order valence-electron chi connectivity index (χ1n) is 5.49. The van der Waals surface area contributed by atoms with Crippen molar-refractivity contribution in [3.63, 3.8) is 0 Å². The van der Waals surface area contributed by atoms with Crippen LogP contribution in [0.3, 0.4) is 0 Å². The van der Waals surface area contributed by atoms with Gasteiger partial charge in [0, 0.05) is 12.2 Å². The van der Waals surface area contributed by atoms with Crippen LogP contribution in [0.1, 0.15) is 28.8 Å². The van der Waals surface area contributed by atoms with E-state index in [1.807, 2.05) is 13.0 Å². The number of hydroxylamine groups is 2. The number of anilines is 1. The fourth-order valence-electron chi connectivity index (χ4n) is 1.75. The summed E-state index contributed by atoms with van der Waals surface area (Å²) in [6.07, 6.45) is 1.99. The van der Waals surface area contributed by atoms with Gasteiger partial charge in [-0.05, 0) is 31.9 Å². The Labute approximate surface area is 94.9 Å². The Balaban J connectivity index is 2.22. The quantitative estimate of drug-likeness (QED) is 0.733. The van der Waals surface area contributed by atoms with Gasteiger partial charge in [-0.15, -0.1) is 0 Å². The Hall–Kier alpha value is -1.55. The lowest BCUT2D eigenvalue weighted by atomic mass is 10.1. The van der Waals surface area contributed by atoms with Gasteiger partial charge in [-0.3, -0.25) is 9.63 Å². The van der Waals surface area contributed by atoms with Crippen LogP contribution in [0, 0.1) is 6.92 Å². The third-order valence-electron chi connectivity index (χ3n) is 2.67. The van der Waals surface area contributed by atoms with E-state index < -0.39 is 0 Å². The first-order valence-corrected chi connectivity index (χ1v) is 5.49. The number of hydrogen-bond acceptors (Lipinski definition) is 3. The standard InChI is InChI=1S/C12H16N2O2/c1-9-4-5-11(13)10(8-9)12(15)14-6-2-3-7-16-14/h4-5,8H,2-3,6-7,13H2,1H3. The number of nitrogen functional groups attached to an aromatic ring is 1. The molecule has 0 bridgehead atoms. The minimum atomic E-state index is -0.138. The summed E-state index contributed by atoms with van der Waals surface area (Å²) in [7, 11) is 0. The molecule has 1 aromatic rings. The van der Waals surface area contributed by atoms with E-state index >= 15 is 0 Å². The van der Waals surface area contributed by atoms with Crippen molar-refractivity contribution in [3.8, 4) is 0 Å². The van der Waals surface area contributed by atoms with E-state index in [4.69, 9.17) is 10.6 Å². The lowest BCUT2D eigenvalue weighted by molar-refractivity contribution is -0.144. The number of carbonyl (C=O) groups excluding carboxylic acids is 1. The van der Waals surface area contributed by atoms with Crippen LogP contribution in [0.4, 0.5) is 5.69 Å². The zero-order valence-electron chi connectivity index (χ0n) is 9.40. The van der Waals surface area contributed by atoms with E-state index in [1.54, 1.807) is 12.1 Å². The lowest BCUT2D eigenvalue weighted by Gasteiger charge is -2.26. The molecule has 0 saturated carbocycles. The van der Waals surface area contributed by atoms with Crippen LogP contribution in [0.2, 0.25) is 0 Å². The van der Waals surface area contributed by atoms with Crippen LogP contribution in [-0.4, -0.2) is 24.1 Å². The predicted molar refractivity (Wildman–Crippen MR) is 61.8 cm³/mol. The molecule has 0 aliphatic carbocycles. The largest absolute Gasteiger partial charge is 0.398 e. The fraction of sp³-hybridized carbons (Fsp3) is 0.417. The first kappa shape index (κ1) is 11.0. The number of hydrogen-bond donors (Lipinski definition) is 1. The number of amides is 1. The summed E-state index contributed by atoms with van der Waals surface area (Å²) in [6.45, 7) is 3.19. The van der Waals surface area contributed by atoms with E-state index in [0.717, 1.165) is 18.4 Å². The number of rotatable bonds is 1. The second kappa shape index (κ2) is 4.53. The van der Waals surface area contributed by atoms with Crippen molar-refractivity contribution in [1.82, 2.24) is 5.06 Å². The average molecular weight is 220 g/mol. The van der Waals surface area contributed by atoms with Crippen LogP contribution in [0.25, 0.3) is 0 Å². The lowest BCUT2D eigenvalue weighted by Crippen LogP contribution is -2.36. The molecular weight excluding hydrogens is 204 g/mol. The Morgan fingerprint density at radius 1 is 1.44 bits per heavy atom. The molecule has 0 aromatic heterocycles. The summed E-state index contributed by atoms with van der Waals surface area (Å²) in [5.41, 5.74) is 7.85. The molecule has 0 spiro atoms. The van der Waals surface area contributed by atoms with Gasteiger partial charge in [0.2, 0.25) is 0 Å². The summed E-state index contributed by atoms with van der Waals surface area (Å²) < 4.78 is 0. The normalized spacial score (nSPS) is 16.2. The number of carbonyl (C=O) groups is 1. The Bertz CT molecular complexity index is 398. The summed E-state index contributed by atoms with van der Waals surface area (Å²) in [4.78, 5) is 17.4. The number of nitrogens with two attached hydrogens (primary N) is 1. The molecule has 4 nitrogen and oxygen atoms in total. The van der Waals surface area contributed by atoms with Crippen LogP contribution in [0.15, 0.2) is 18.2 Å². The number of benzene rings is 1. The highest BCUT2D eigenvalue weighted by molar-refractivity contribution is 5.98. The van der Waals surface area contributed by atoms with Crippen LogP contribution >= 0.6 is 0 Å². The highest BCUT2D eigenvalue weighted by atomic mass is 16.7. The van der Waals surface area contributed by atoms with Crippen LogP contribution in [-0.2, 0) is 4.84 Å². The molecule has 1 amide bonds. The van der Waals surface area contributed by atoms with Crippen LogP contribution < -0.4 is 5.73 Å². The van der Waals surface area contributed by atoms with Gasteiger partial charge < -0.3 is 5.73 Å². The van der Waals surface area contributed by atoms with Gasteiger partial charge in [0.15, 0.2) is 0 Å². The second-order valence-electron chi connectivity index (χ2n) is 4.04. The fourth-order valence-corrected chi connectivity index (χ4v) is 1.75. The molecule has 2 N–H and O–H groups in total. The molecule has 16 heavy (non-hydrogen) atoms. The van der Waals surface area contributed by atoms with Gasteiger partial charge in [0.25, 0.3) is 5.91 Å². The SMILES string of the molecule is Cc1ccc(N)c(C(=O)N2CCCCO2)c1. The predicted octanol–water partition coefficient (Wildman–Crippen LogP) is 1.74. The molecule has 1 aliphatic rings. The molecule has 1 aromatic carbocycles. The van der Waals surface area contributed by atoms with E-state index in [2.05, 4.69) is 0 Å². The zero-order chi connectivity index (χ0) is 11.5. The van der Waals surface area contributed by atoms with E-state index in [9.17, 15) is 4.79 Å². The summed E-state index contributed by atoms with van der Waals surface area (Å²) >= 11 is 0. The van der Waals surface area contributed by atoms with Crippen LogP contribution in [0.5, 0.6) is 0 Å². The molecule has 86 valence electrons. The average Bonchev–Trinajstić information content (AvgIpc) is 2.32. The number of aryl methyl sites for hydroxylation is 1. The van der Waals surface area contributed by atoms with Crippen molar-refractivity contribution in [2.24, 2.45) is 0 Å². The van der Waals surface area contributed by atoms with Gasteiger partial charge in [-0.1, -0.05) is 11.6 Å². The molecule has 0 radical (unpaired) electrons. The molecule has 1 saturated heterocycles. The van der Waals surface area contributed by atoms with Gasteiger partial charge in [-0.25, -0.2) is 5.06 Å². The van der Waals surface area contributed by atoms with E-state index in [0.29, 0.717) is 24.4 Å². The summed E-state index contributed by atoms with van der Waals surface area (Å²) in [5, 5.41) is 1.41. The van der Waals surface area contributed by atoms with Crippen molar-refractivity contribution in [2.75, 3.05) is 18.9 Å². The molecular formula is C12H16N2O2. The Morgan fingerprint density at radius 2 is 2.25 bits per heavy atom. The third-order valence-corrected chi connectivity index (χ3v) is 2.67. The maximum Gasteiger partial charge on any atom is 0.279 e. The molecule has 1 heterocycles. The minimum absolute atomic E-state index is 0.138.